The first-order valence-electron chi connectivity index (χ1n) is 10.5. The van der Waals surface area contributed by atoms with Crippen LogP contribution >= 0.6 is 0 Å². The van der Waals surface area contributed by atoms with Gasteiger partial charge in [-0.3, -0.25) is 13.7 Å². The predicted molar refractivity (Wildman–Crippen MR) is 129 cm³/mol. The Morgan fingerprint density at radius 3 is 2.47 bits per heavy atom. The van der Waals surface area contributed by atoms with Gasteiger partial charge in [-0.2, -0.15) is 0 Å². The second-order valence-electron chi connectivity index (χ2n) is 7.34. The Labute approximate surface area is 196 Å². The Morgan fingerprint density at radius 1 is 1.06 bits per heavy atom. The molecular weight excluding hydrogens is 458 g/mol. The lowest BCUT2D eigenvalue weighted by atomic mass is 10.3. The zero-order valence-corrected chi connectivity index (χ0v) is 19.4. The number of amides is 1. The number of ether oxygens (including phenoxy) is 1. The molecule has 1 aromatic heterocycles. The van der Waals surface area contributed by atoms with Crippen molar-refractivity contribution in [3.8, 4) is 5.75 Å². The fourth-order valence-electron chi connectivity index (χ4n) is 3.66. The number of nitrogens with one attached hydrogen (secondary N) is 1. The average Bonchev–Trinajstić information content (AvgIpc) is 3.14. The molecule has 0 fully saturated rings. The molecule has 176 valence electrons. The minimum absolute atomic E-state index is 0.0137. The van der Waals surface area contributed by atoms with Gasteiger partial charge >= 0.3 is 5.76 Å². The van der Waals surface area contributed by atoms with Crippen molar-refractivity contribution in [2.45, 2.75) is 18.4 Å². The highest BCUT2D eigenvalue weighted by Crippen LogP contribution is 2.30. The molecule has 4 aromatic rings. The minimum atomic E-state index is -3.92. The number of carbonyl (C=O) groups is 1. The molecule has 34 heavy (non-hydrogen) atoms. The molecule has 3 aromatic carbocycles. The zero-order chi connectivity index (χ0) is 24.3. The van der Waals surface area contributed by atoms with Gasteiger partial charge in [0.1, 0.15) is 12.3 Å². The number of sulfonamides is 1. The quantitative estimate of drug-likeness (QED) is 0.413. The van der Waals surface area contributed by atoms with Crippen LogP contribution in [0.1, 0.15) is 6.92 Å². The summed E-state index contributed by atoms with van der Waals surface area (Å²) in [5, 5.41) is 2.65. The van der Waals surface area contributed by atoms with Crippen molar-refractivity contribution in [3.05, 3.63) is 83.3 Å². The van der Waals surface area contributed by atoms with E-state index >= 15 is 0 Å². The molecule has 0 unspecified atom stereocenters. The van der Waals surface area contributed by atoms with Gasteiger partial charge in [-0.05, 0) is 49.4 Å². The molecule has 1 amide bonds. The molecule has 0 bridgehead atoms. The van der Waals surface area contributed by atoms with Gasteiger partial charge in [0.2, 0.25) is 5.91 Å². The second-order valence-corrected chi connectivity index (χ2v) is 9.20. The van der Waals surface area contributed by atoms with Crippen LogP contribution in [0.5, 0.6) is 5.75 Å². The van der Waals surface area contributed by atoms with Crippen molar-refractivity contribution >= 4 is 38.4 Å². The fraction of sp³-hybridized carbons (Fsp3) is 0.167. The summed E-state index contributed by atoms with van der Waals surface area (Å²) < 4.78 is 39.7. The van der Waals surface area contributed by atoms with E-state index in [-0.39, 0.29) is 29.4 Å². The summed E-state index contributed by atoms with van der Waals surface area (Å²) >= 11 is 0. The van der Waals surface area contributed by atoms with Gasteiger partial charge in [0.05, 0.1) is 28.9 Å². The highest BCUT2D eigenvalue weighted by Gasteiger charge is 2.25. The van der Waals surface area contributed by atoms with Crippen LogP contribution in [0.25, 0.3) is 11.1 Å². The molecule has 0 spiro atoms. The summed E-state index contributed by atoms with van der Waals surface area (Å²) in [6.07, 6.45) is 0. The van der Waals surface area contributed by atoms with Crippen LogP contribution in [0.3, 0.4) is 0 Å². The monoisotopic (exact) mass is 481 g/mol. The normalized spacial score (nSPS) is 11.4. The van der Waals surface area contributed by atoms with E-state index in [1.165, 1.54) is 34.2 Å². The standard InChI is InChI=1S/C24H23N3O6S/c1-3-27(17-9-5-4-6-10-17)34(30,31)18-13-14-21(32-2)19(15-18)25-23(28)16-26-20-11-7-8-12-22(20)33-24(26)29/h4-15H,3,16H2,1-2H3,(H,25,28). The van der Waals surface area contributed by atoms with Crippen molar-refractivity contribution in [3.63, 3.8) is 0 Å². The molecule has 9 nitrogen and oxygen atoms in total. The number of hydrogen-bond donors (Lipinski definition) is 1. The largest absolute Gasteiger partial charge is 0.495 e. The van der Waals surface area contributed by atoms with E-state index < -0.39 is 21.7 Å². The number of oxazole rings is 1. The molecule has 0 radical (unpaired) electrons. The zero-order valence-electron chi connectivity index (χ0n) is 18.6. The first-order chi connectivity index (χ1) is 16.3. The Morgan fingerprint density at radius 2 is 1.76 bits per heavy atom. The number of benzene rings is 3. The lowest BCUT2D eigenvalue weighted by Crippen LogP contribution is -2.31. The summed E-state index contributed by atoms with van der Waals surface area (Å²) in [4.78, 5) is 25.0. The number of methoxy groups -OCH3 is 1. The molecule has 1 N–H and O–H groups in total. The van der Waals surface area contributed by atoms with Gasteiger partial charge in [0, 0.05) is 6.54 Å². The number of rotatable bonds is 8. The van der Waals surface area contributed by atoms with Crippen molar-refractivity contribution in [1.82, 2.24) is 4.57 Å². The summed E-state index contributed by atoms with van der Waals surface area (Å²) in [5.41, 5.74) is 1.54. The highest BCUT2D eigenvalue weighted by atomic mass is 32.2. The van der Waals surface area contributed by atoms with E-state index in [1.54, 1.807) is 61.5 Å². The molecule has 0 atom stereocenters. The summed E-state index contributed by atoms with van der Waals surface area (Å²) in [5.74, 6) is -0.933. The van der Waals surface area contributed by atoms with Crippen LogP contribution in [-0.2, 0) is 21.4 Å². The summed E-state index contributed by atoms with van der Waals surface area (Å²) in [7, 11) is -2.50. The van der Waals surface area contributed by atoms with Gasteiger partial charge < -0.3 is 14.5 Å². The summed E-state index contributed by atoms with van der Waals surface area (Å²) in [6.45, 7) is 1.64. The van der Waals surface area contributed by atoms with Gasteiger partial charge in [-0.1, -0.05) is 30.3 Å². The van der Waals surface area contributed by atoms with Gasteiger partial charge in [-0.25, -0.2) is 13.2 Å². The van der Waals surface area contributed by atoms with Crippen LogP contribution in [0, 0.1) is 0 Å². The van der Waals surface area contributed by atoms with E-state index in [0.717, 1.165) is 0 Å². The first kappa shape index (κ1) is 23.1. The van der Waals surface area contributed by atoms with Crippen LogP contribution in [-0.4, -0.2) is 32.5 Å². The second kappa shape index (κ2) is 9.44. The lowest BCUT2D eigenvalue weighted by Gasteiger charge is -2.23. The van der Waals surface area contributed by atoms with Crippen molar-refractivity contribution in [2.75, 3.05) is 23.3 Å². The number of anilines is 2. The Balaban J connectivity index is 1.64. The SMILES string of the molecule is CCN(c1ccccc1)S(=O)(=O)c1ccc(OC)c(NC(=O)Cn2c(=O)oc3ccccc32)c1. The number of aromatic nitrogens is 1. The smallest absolute Gasteiger partial charge is 0.420 e. The maximum absolute atomic E-state index is 13.4. The fourth-order valence-corrected chi connectivity index (χ4v) is 5.16. The number of fused-ring (bicyclic) bond motifs is 1. The maximum Gasteiger partial charge on any atom is 0.420 e. The molecule has 0 saturated carbocycles. The third kappa shape index (κ3) is 4.40. The molecular formula is C24H23N3O6S. The van der Waals surface area contributed by atoms with Crippen LogP contribution in [0.15, 0.2) is 86.9 Å². The predicted octanol–water partition coefficient (Wildman–Crippen LogP) is 3.46. The van der Waals surface area contributed by atoms with Gasteiger partial charge in [0.15, 0.2) is 5.58 Å². The molecule has 0 aliphatic heterocycles. The van der Waals surface area contributed by atoms with Crippen LogP contribution in [0.2, 0.25) is 0 Å². The molecule has 4 rings (SSSR count). The molecule has 10 heteroatoms. The Kier molecular flexibility index (Phi) is 6.42. The van der Waals surface area contributed by atoms with E-state index in [4.69, 9.17) is 9.15 Å². The Bertz CT molecular complexity index is 1490. The molecule has 0 aliphatic carbocycles. The molecule has 0 saturated heterocycles. The number of para-hydroxylation sites is 3. The Hall–Kier alpha value is -4.05. The highest BCUT2D eigenvalue weighted by molar-refractivity contribution is 7.92. The first-order valence-corrected chi connectivity index (χ1v) is 11.9. The molecule has 1 heterocycles. The van der Waals surface area contributed by atoms with E-state index in [1.807, 2.05) is 0 Å². The average molecular weight is 482 g/mol. The van der Waals surface area contributed by atoms with E-state index in [2.05, 4.69) is 5.32 Å². The number of hydrogen-bond acceptors (Lipinski definition) is 6. The topological polar surface area (TPSA) is 111 Å². The minimum Gasteiger partial charge on any atom is -0.495 e. The third-order valence-corrected chi connectivity index (χ3v) is 7.14. The van der Waals surface area contributed by atoms with E-state index in [9.17, 15) is 18.0 Å². The number of carbonyl (C=O) groups excluding carboxylic acids is 1. The van der Waals surface area contributed by atoms with Gasteiger partial charge in [-0.15, -0.1) is 0 Å². The molecule has 0 aliphatic rings. The van der Waals surface area contributed by atoms with E-state index in [0.29, 0.717) is 16.8 Å². The summed E-state index contributed by atoms with van der Waals surface area (Å²) in [6, 6.07) is 19.7. The van der Waals surface area contributed by atoms with Crippen LogP contribution < -0.4 is 20.1 Å². The number of nitrogens with zero attached hydrogens (tertiary/aromatic N) is 2. The van der Waals surface area contributed by atoms with Crippen molar-refractivity contribution in [1.29, 1.82) is 0 Å². The van der Waals surface area contributed by atoms with Crippen molar-refractivity contribution in [2.24, 2.45) is 0 Å². The van der Waals surface area contributed by atoms with Crippen molar-refractivity contribution < 1.29 is 22.4 Å². The third-order valence-electron chi connectivity index (χ3n) is 5.24. The lowest BCUT2D eigenvalue weighted by molar-refractivity contribution is -0.116. The van der Waals surface area contributed by atoms with Crippen LogP contribution in [0.4, 0.5) is 11.4 Å². The maximum atomic E-state index is 13.4. The van der Waals surface area contributed by atoms with Gasteiger partial charge in [0.25, 0.3) is 10.0 Å².